The lowest BCUT2D eigenvalue weighted by molar-refractivity contribution is -0.138. The Morgan fingerprint density at radius 2 is 1.59 bits per heavy atom. The second-order valence-corrected chi connectivity index (χ2v) is 7.73. The zero-order valence-corrected chi connectivity index (χ0v) is 17.6. The van der Waals surface area contributed by atoms with Gasteiger partial charge in [-0.15, -0.1) is 10.2 Å². The maximum absolute atomic E-state index is 13.4. The van der Waals surface area contributed by atoms with Crippen LogP contribution in [0.25, 0.3) is 17.1 Å². The zero-order chi connectivity index (χ0) is 22.7. The molecule has 0 spiro atoms. The van der Waals surface area contributed by atoms with Crippen LogP contribution in [0.5, 0.6) is 5.75 Å². The molecule has 1 heterocycles. The highest BCUT2D eigenvalue weighted by Crippen LogP contribution is 2.36. The first-order chi connectivity index (χ1) is 15.4. The van der Waals surface area contributed by atoms with Crippen molar-refractivity contribution in [2.24, 2.45) is 0 Å². The van der Waals surface area contributed by atoms with Gasteiger partial charge in [-0.1, -0.05) is 30.0 Å². The van der Waals surface area contributed by atoms with Gasteiger partial charge in [-0.25, -0.2) is 4.39 Å². The summed E-state index contributed by atoms with van der Waals surface area (Å²) >= 11 is 1.14. The van der Waals surface area contributed by atoms with Crippen molar-refractivity contribution in [1.29, 1.82) is 0 Å². The fourth-order valence-corrected chi connectivity index (χ4v) is 4.13. The van der Waals surface area contributed by atoms with E-state index in [-0.39, 0.29) is 17.1 Å². The Balaban J connectivity index is 1.73. The Kier molecular flexibility index (Phi) is 6.18. The van der Waals surface area contributed by atoms with Crippen molar-refractivity contribution in [3.8, 4) is 22.8 Å². The van der Waals surface area contributed by atoms with Crippen LogP contribution in [0.4, 0.5) is 17.6 Å². The second-order valence-electron chi connectivity index (χ2n) is 6.79. The molecule has 3 aromatic carbocycles. The van der Waals surface area contributed by atoms with E-state index in [1.807, 2.05) is 0 Å². The van der Waals surface area contributed by atoms with Gasteiger partial charge in [0, 0.05) is 17.0 Å². The molecule has 0 amide bonds. The predicted octanol–water partition coefficient (Wildman–Crippen LogP) is 6.39. The van der Waals surface area contributed by atoms with E-state index >= 15 is 0 Å². The minimum atomic E-state index is -4.44. The van der Waals surface area contributed by atoms with E-state index < -0.39 is 11.7 Å². The van der Waals surface area contributed by atoms with Gasteiger partial charge in [-0.05, 0) is 60.2 Å². The number of hydrogen-bond donors (Lipinski definition) is 0. The number of aromatic nitrogens is 3. The molecule has 4 rings (SSSR count). The van der Waals surface area contributed by atoms with Gasteiger partial charge >= 0.3 is 6.18 Å². The Morgan fingerprint density at radius 1 is 0.906 bits per heavy atom. The van der Waals surface area contributed by atoms with E-state index in [9.17, 15) is 17.6 Å². The molecule has 0 aliphatic rings. The molecule has 1 aromatic heterocycles. The van der Waals surface area contributed by atoms with Crippen LogP contribution in [-0.4, -0.2) is 21.9 Å². The molecular weight excluding hydrogens is 442 g/mol. The number of rotatable bonds is 6. The van der Waals surface area contributed by atoms with E-state index in [1.54, 1.807) is 54.1 Å². The number of ether oxygens (including phenoxy) is 1. The second kappa shape index (κ2) is 9.04. The highest BCUT2D eigenvalue weighted by atomic mass is 32.2. The average Bonchev–Trinajstić information content (AvgIpc) is 3.21. The maximum Gasteiger partial charge on any atom is 0.416 e. The van der Waals surface area contributed by atoms with Gasteiger partial charge in [-0.2, -0.15) is 13.2 Å². The summed E-state index contributed by atoms with van der Waals surface area (Å²) in [5.41, 5.74) is 0.790. The molecule has 164 valence electrons. The van der Waals surface area contributed by atoms with Crippen molar-refractivity contribution in [2.45, 2.75) is 17.1 Å². The quantitative estimate of drug-likeness (QED) is 0.247. The summed E-state index contributed by atoms with van der Waals surface area (Å²) in [6, 6.07) is 18.3. The minimum absolute atomic E-state index is 0.0490. The van der Waals surface area contributed by atoms with E-state index in [0.29, 0.717) is 28.0 Å². The summed E-state index contributed by atoms with van der Waals surface area (Å²) in [6.45, 7) is 0. The molecule has 0 fully saturated rings. The Hall–Kier alpha value is -3.33. The van der Waals surface area contributed by atoms with Crippen molar-refractivity contribution in [3.05, 3.63) is 89.7 Å². The first-order valence-electron chi connectivity index (χ1n) is 9.50. The molecule has 32 heavy (non-hydrogen) atoms. The smallest absolute Gasteiger partial charge is 0.416 e. The number of hydrogen-bond acceptors (Lipinski definition) is 4. The molecule has 0 unspecified atom stereocenters. The zero-order valence-electron chi connectivity index (χ0n) is 16.8. The SMILES string of the molecule is COc1ccc(-n2c(SCc3ccccc3C(F)(F)F)nnc2-c2ccc(F)cc2)cc1. The molecule has 9 heteroatoms. The van der Waals surface area contributed by atoms with Crippen LogP contribution in [0, 0.1) is 5.82 Å². The van der Waals surface area contributed by atoms with Gasteiger partial charge in [0.1, 0.15) is 11.6 Å². The fraction of sp³-hybridized carbons (Fsp3) is 0.130. The third-order valence-electron chi connectivity index (χ3n) is 4.75. The molecule has 4 nitrogen and oxygen atoms in total. The third-order valence-corrected chi connectivity index (χ3v) is 5.72. The molecule has 0 saturated heterocycles. The van der Waals surface area contributed by atoms with Crippen LogP contribution >= 0.6 is 11.8 Å². The third kappa shape index (κ3) is 4.62. The fourth-order valence-electron chi connectivity index (χ4n) is 3.18. The van der Waals surface area contributed by atoms with Crippen LogP contribution in [-0.2, 0) is 11.9 Å². The average molecular weight is 459 g/mol. The number of nitrogens with zero attached hydrogens (tertiary/aromatic N) is 3. The molecular formula is C23H17F4N3OS. The van der Waals surface area contributed by atoms with Gasteiger partial charge < -0.3 is 4.74 Å². The van der Waals surface area contributed by atoms with Crippen molar-refractivity contribution in [3.63, 3.8) is 0 Å². The van der Waals surface area contributed by atoms with Crippen molar-refractivity contribution >= 4 is 11.8 Å². The van der Waals surface area contributed by atoms with Crippen LogP contribution in [0.3, 0.4) is 0 Å². The van der Waals surface area contributed by atoms with Gasteiger partial charge in [0.05, 0.1) is 12.7 Å². The van der Waals surface area contributed by atoms with Gasteiger partial charge in [0.2, 0.25) is 0 Å². The van der Waals surface area contributed by atoms with Gasteiger partial charge in [0.15, 0.2) is 11.0 Å². The highest BCUT2D eigenvalue weighted by molar-refractivity contribution is 7.98. The largest absolute Gasteiger partial charge is 0.497 e. The Labute approximate surface area is 185 Å². The van der Waals surface area contributed by atoms with Gasteiger partial charge in [0.25, 0.3) is 0 Å². The number of benzene rings is 3. The summed E-state index contributed by atoms with van der Waals surface area (Å²) in [5, 5.41) is 8.85. The van der Waals surface area contributed by atoms with Crippen LogP contribution in [0.15, 0.2) is 78.0 Å². The van der Waals surface area contributed by atoms with Crippen molar-refractivity contribution in [2.75, 3.05) is 7.11 Å². The molecule has 0 bridgehead atoms. The normalized spacial score (nSPS) is 11.5. The summed E-state index contributed by atoms with van der Waals surface area (Å²) in [7, 11) is 1.55. The summed E-state index contributed by atoms with van der Waals surface area (Å²) in [5.74, 6) is 0.760. The summed E-state index contributed by atoms with van der Waals surface area (Å²) in [6.07, 6.45) is -4.44. The lowest BCUT2D eigenvalue weighted by Crippen LogP contribution is -2.08. The summed E-state index contributed by atoms with van der Waals surface area (Å²) < 4.78 is 60.4. The number of thioether (sulfide) groups is 1. The van der Waals surface area contributed by atoms with Crippen molar-refractivity contribution < 1.29 is 22.3 Å². The predicted molar refractivity (Wildman–Crippen MR) is 114 cm³/mol. The lowest BCUT2D eigenvalue weighted by Gasteiger charge is -2.13. The standard InChI is InChI=1S/C23H17F4N3OS/c1-31-19-12-10-18(11-13-19)30-21(15-6-8-17(24)9-7-15)28-29-22(30)32-14-16-4-2-3-5-20(16)23(25,26)27/h2-13H,14H2,1H3. The maximum atomic E-state index is 13.4. The van der Waals surface area contributed by atoms with E-state index in [1.165, 1.54) is 24.3 Å². The van der Waals surface area contributed by atoms with Crippen LogP contribution in [0.2, 0.25) is 0 Å². The summed E-state index contributed by atoms with van der Waals surface area (Å²) in [4.78, 5) is 0. The molecule has 0 aliphatic carbocycles. The topological polar surface area (TPSA) is 39.9 Å². The van der Waals surface area contributed by atoms with E-state index in [4.69, 9.17) is 4.74 Å². The Bertz CT molecular complexity index is 1210. The highest BCUT2D eigenvalue weighted by Gasteiger charge is 2.33. The van der Waals surface area contributed by atoms with Crippen LogP contribution < -0.4 is 4.74 Å². The van der Waals surface area contributed by atoms with Crippen LogP contribution in [0.1, 0.15) is 11.1 Å². The van der Waals surface area contributed by atoms with Crippen molar-refractivity contribution in [1.82, 2.24) is 14.8 Å². The molecule has 0 radical (unpaired) electrons. The first-order valence-corrected chi connectivity index (χ1v) is 10.5. The molecule has 0 saturated carbocycles. The molecule has 0 atom stereocenters. The Morgan fingerprint density at radius 3 is 2.25 bits per heavy atom. The first kappa shape index (κ1) is 21.9. The number of alkyl halides is 3. The minimum Gasteiger partial charge on any atom is -0.497 e. The molecule has 0 N–H and O–H groups in total. The van der Waals surface area contributed by atoms with E-state index in [2.05, 4.69) is 10.2 Å². The lowest BCUT2D eigenvalue weighted by atomic mass is 10.1. The monoisotopic (exact) mass is 459 g/mol. The van der Waals surface area contributed by atoms with Gasteiger partial charge in [-0.3, -0.25) is 4.57 Å². The van der Waals surface area contributed by atoms with E-state index in [0.717, 1.165) is 17.8 Å². The molecule has 4 aromatic rings. The molecule has 0 aliphatic heterocycles. The number of methoxy groups -OCH3 is 1. The number of halogens is 4.